The van der Waals surface area contributed by atoms with Gasteiger partial charge in [-0.1, -0.05) is 15.9 Å². The molecule has 0 atom stereocenters. The van der Waals surface area contributed by atoms with Crippen molar-refractivity contribution in [3.05, 3.63) is 22.7 Å². The lowest BCUT2D eigenvalue weighted by Crippen LogP contribution is -2.22. The Labute approximate surface area is 112 Å². The minimum Gasteiger partial charge on any atom is -0.481 e. The van der Waals surface area contributed by atoms with Crippen LogP contribution in [0, 0.1) is 0 Å². The molecule has 1 aliphatic rings. The van der Waals surface area contributed by atoms with Crippen molar-refractivity contribution in [1.29, 1.82) is 0 Å². The predicted molar refractivity (Wildman–Crippen MR) is 69.3 cm³/mol. The Morgan fingerprint density at radius 3 is 2.83 bits per heavy atom. The van der Waals surface area contributed by atoms with Crippen LogP contribution in [-0.2, 0) is 14.8 Å². The van der Waals surface area contributed by atoms with Crippen LogP contribution < -0.4 is 5.32 Å². The molecule has 0 bridgehead atoms. The van der Waals surface area contributed by atoms with Crippen LogP contribution >= 0.6 is 15.9 Å². The number of rotatable bonds is 3. The summed E-state index contributed by atoms with van der Waals surface area (Å²) in [7, 11) is -3.76. The van der Waals surface area contributed by atoms with Gasteiger partial charge < -0.3 is 10.4 Å². The topological polar surface area (TPSA) is 95.8 Å². The molecular weight excluding hydrogens is 324 g/mol. The van der Waals surface area contributed by atoms with Gasteiger partial charge in [0.25, 0.3) is 10.0 Å². The molecule has 2 N–H and O–H groups in total. The van der Waals surface area contributed by atoms with Crippen molar-refractivity contribution in [1.82, 2.24) is 0 Å². The number of nitrogens with zero attached hydrogens (tertiary/aromatic N) is 1. The summed E-state index contributed by atoms with van der Waals surface area (Å²) in [6.07, 6.45) is -0.128. The molecule has 0 aromatic heterocycles. The van der Waals surface area contributed by atoms with E-state index in [9.17, 15) is 13.2 Å². The van der Waals surface area contributed by atoms with Crippen molar-refractivity contribution in [2.75, 3.05) is 5.32 Å². The summed E-state index contributed by atoms with van der Waals surface area (Å²) in [5, 5.41) is 11.4. The molecule has 0 radical (unpaired) electrons. The van der Waals surface area contributed by atoms with Crippen LogP contribution in [0.1, 0.15) is 12.8 Å². The van der Waals surface area contributed by atoms with Crippen molar-refractivity contribution in [2.24, 2.45) is 4.40 Å². The molecule has 18 heavy (non-hydrogen) atoms. The number of fused-ring (bicyclic) bond motifs is 1. The Bertz CT molecular complexity index is 639. The highest BCUT2D eigenvalue weighted by Gasteiger charge is 2.25. The number of aliphatic carboxylic acids is 1. The van der Waals surface area contributed by atoms with Crippen LogP contribution in [0.2, 0.25) is 0 Å². The van der Waals surface area contributed by atoms with E-state index in [-0.39, 0.29) is 23.6 Å². The number of halogens is 1. The zero-order chi connectivity index (χ0) is 13.3. The molecule has 0 saturated heterocycles. The lowest BCUT2D eigenvalue weighted by atomic mass is 10.2. The highest BCUT2D eigenvalue weighted by Crippen LogP contribution is 2.30. The van der Waals surface area contributed by atoms with Crippen molar-refractivity contribution >= 4 is 43.4 Å². The van der Waals surface area contributed by atoms with Crippen LogP contribution in [-0.4, -0.2) is 25.3 Å². The molecule has 0 unspecified atom stereocenters. The molecule has 6 nitrogen and oxygen atoms in total. The Morgan fingerprint density at radius 2 is 2.17 bits per heavy atom. The first-order valence-electron chi connectivity index (χ1n) is 5.01. The second-order valence-electron chi connectivity index (χ2n) is 3.67. The summed E-state index contributed by atoms with van der Waals surface area (Å²) < 4.78 is 28.0. The van der Waals surface area contributed by atoms with Crippen LogP contribution in [0.15, 0.2) is 32.0 Å². The van der Waals surface area contributed by atoms with Crippen LogP contribution in [0.4, 0.5) is 5.69 Å². The zero-order valence-electron chi connectivity index (χ0n) is 9.05. The van der Waals surface area contributed by atoms with E-state index in [0.717, 1.165) is 0 Å². The largest absolute Gasteiger partial charge is 0.481 e. The minimum atomic E-state index is -3.76. The molecule has 1 aromatic rings. The lowest BCUT2D eigenvalue weighted by molar-refractivity contribution is -0.136. The van der Waals surface area contributed by atoms with Gasteiger partial charge in [-0.25, -0.2) is 0 Å². The van der Waals surface area contributed by atoms with E-state index < -0.39 is 16.0 Å². The molecule has 96 valence electrons. The van der Waals surface area contributed by atoms with E-state index in [0.29, 0.717) is 10.2 Å². The van der Waals surface area contributed by atoms with Crippen molar-refractivity contribution in [3.8, 4) is 0 Å². The van der Waals surface area contributed by atoms with E-state index in [1.165, 1.54) is 6.07 Å². The number of sulfonamides is 1. The first-order valence-corrected chi connectivity index (χ1v) is 7.24. The van der Waals surface area contributed by atoms with Gasteiger partial charge in [-0.3, -0.25) is 4.79 Å². The maximum absolute atomic E-state index is 11.9. The van der Waals surface area contributed by atoms with Crippen LogP contribution in [0.5, 0.6) is 0 Å². The quantitative estimate of drug-likeness (QED) is 0.880. The van der Waals surface area contributed by atoms with E-state index in [2.05, 4.69) is 25.6 Å². The van der Waals surface area contributed by atoms with Crippen LogP contribution in [0.3, 0.4) is 0 Å². The summed E-state index contributed by atoms with van der Waals surface area (Å²) in [4.78, 5) is 10.5. The van der Waals surface area contributed by atoms with Gasteiger partial charge >= 0.3 is 5.97 Å². The smallest absolute Gasteiger partial charge is 0.303 e. The first-order chi connectivity index (χ1) is 8.38. The van der Waals surface area contributed by atoms with Gasteiger partial charge in [0.05, 0.1) is 12.1 Å². The second-order valence-corrected chi connectivity index (χ2v) is 6.16. The average Bonchev–Trinajstić information content (AvgIpc) is 2.27. The fourth-order valence-corrected chi connectivity index (χ4v) is 3.23. The monoisotopic (exact) mass is 332 g/mol. The Hall–Kier alpha value is -1.41. The maximum Gasteiger partial charge on any atom is 0.303 e. The van der Waals surface area contributed by atoms with E-state index in [4.69, 9.17) is 5.11 Å². The van der Waals surface area contributed by atoms with Crippen molar-refractivity contribution in [2.45, 2.75) is 17.7 Å². The van der Waals surface area contributed by atoms with Gasteiger partial charge in [-0.2, -0.15) is 8.42 Å². The third-order valence-electron chi connectivity index (χ3n) is 2.31. The molecule has 2 rings (SSSR count). The van der Waals surface area contributed by atoms with Crippen molar-refractivity contribution < 1.29 is 18.3 Å². The predicted octanol–water partition coefficient (Wildman–Crippen LogP) is 1.83. The summed E-state index contributed by atoms with van der Waals surface area (Å²) in [6, 6.07) is 4.75. The van der Waals surface area contributed by atoms with E-state index in [1.807, 2.05) is 0 Å². The number of amidine groups is 1. The maximum atomic E-state index is 11.9. The van der Waals surface area contributed by atoms with Gasteiger partial charge in [0.1, 0.15) is 10.7 Å². The summed E-state index contributed by atoms with van der Waals surface area (Å²) in [6.45, 7) is 0. The fourth-order valence-electron chi connectivity index (χ4n) is 1.52. The molecule has 0 aliphatic carbocycles. The molecule has 0 amide bonds. The van der Waals surface area contributed by atoms with Crippen molar-refractivity contribution in [3.63, 3.8) is 0 Å². The highest BCUT2D eigenvalue weighted by molar-refractivity contribution is 9.10. The third-order valence-corrected chi connectivity index (χ3v) is 4.15. The third kappa shape index (κ3) is 2.70. The summed E-state index contributed by atoms with van der Waals surface area (Å²) in [5.74, 6) is -0.856. The van der Waals surface area contributed by atoms with E-state index in [1.54, 1.807) is 12.1 Å². The average molecular weight is 333 g/mol. The number of nitrogens with one attached hydrogen (secondary N) is 1. The standard InChI is InChI=1S/C10H9BrN2O4S/c11-6-1-2-7-8(5-6)18(16,17)13-9(12-7)3-4-10(14)15/h1-2,5H,3-4H2,(H,12,13)(H,14,15). The van der Waals surface area contributed by atoms with Gasteiger partial charge in [0, 0.05) is 10.9 Å². The molecule has 1 heterocycles. The van der Waals surface area contributed by atoms with Gasteiger partial charge in [0.15, 0.2) is 0 Å². The molecule has 0 saturated carbocycles. The summed E-state index contributed by atoms with van der Waals surface area (Å²) >= 11 is 3.19. The Kier molecular flexibility index (Phi) is 3.40. The second kappa shape index (κ2) is 4.69. The summed E-state index contributed by atoms with van der Waals surface area (Å²) in [5.41, 5.74) is 0.411. The molecule has 0 spiro atoms. The number of benzene rings is 1. The van der Waals surface area contributed by atoms with Gasteiger partial charge in [-0.05, 0) is 18.2 Å². The number of carbonyl (C=O) groups is 1. The highest BCUT2D eigenvalue weighted by atomic mass is 79.9. The molecular formula is C10H9BrN2O4S. The Balaban J connectivity index is 2.36. The number of hydrogen-bond donors (Lipinski definition) is 2. The number of anilines is 1. The molecule has 8 heteroatoms. The molecule has 0 fully saturated rings. The van der Waals surface area contributed by atoms with E-state index >= 15 is 0 Å². The minimum absolute atomic E-state index is 0.0457. The fraction of sp³-hybridized carbons (Fsp3) is 0.200. The van der Waals surface area contributed by atoms with Crippen LogP contribution in [0.25, 0.3) is 0 Å². The normalized spacial score (nSPS) is 16.4. The first kappa shape index (κ1) is 13.0. The molecule has 1 aromatic carbocycles. The number of carboxylic acid groups (broad SMARTS) is 1. The number of carboxylic acids is 1. The molecule has 1 aliphatic heterocycles. The van der Waals surface area contributed by atoms with Gasteiger partial charge in [0.2, 0.25) is 0 Å². The van der Waals surface area contributed by atoms with Gasteiger partial charge in [-0.15, -0.1) is 4.40 Å². The SMILES string of the molecule is O=C(O)CCC1=NS(=O)(=O)c2cc(Br)ccc2N1. The zero-order valence-corrected chi connectivity index (χ0v) is 11.5. The lowest BCUT2D eigenvalue weighted by Gasteiger charge is -2.17. The Morgan fingerprint density at radius 1 is 1.44 bits per heavy atom. The number of hydrogen-bond acceptors (Lipinski definition) is 4.